The van der Waals surface area contributed by atoms with Crippen LogP contribution in [0.1, 0.15) is 54.4 Å². The standard InChI is InChI=1S/C53H47N3Si/c1-31-9-13-35(14-10-31)50-54-51(36-15-11-32(2)12-16-36)56-52(55-50)39-19-21-43-42-20-17-37(38-18-22-45-44-7-5-6-8-48(44)57(3,4)49(45)30-38)28-46(42)53(47(43)29-39)40-24-33-23-34(26-40)27-41(53)25-33/h5-22,28-30,33-34,40-41H,23-27H2,1-4H3. The lowest BCUT2D eigenvalue weighted by Crippen LogP contribution is -2.55. The summed E-state index contributed by atoms with van der Waals surface area (Å²) in [5.74, 6) is 5.25. The highest BCUT2D eigenvalue weighted by Gasteiger charge is 2.61. The predicted octanol–water partition coefficient (Wildman–Crippen LogP) is 11.7. The van der Waals surface area contributed by atoms with Crippen molar-refractivity contribution in [2.75, 3.05) is 0 Å². The molecule has 0 atom stereocenters. The van der Waals surface area contributed by atoms with Gasteiger partial charge < -0.3 is 0 Å². The molecule has 4 bridgehead atoms. The molecule has 4 fully saturated rings. The maximum atomic E-state index is 5.24. The minimum Gasteiger partial charge on any atom is -0.208 e. The van der Waals surface area contributed by atoms with Gasteiger partial charge in [-0.1, -0.05) is 139 Å². The van der Waals surface area contributed by atoms with Crippen molar-refractivity contribution in [1.82, 2.24) is 15.0 Å². The molecule has 0 N–H and O–H groups in total. The summed E-state index contributed by atoms with van der Waals surface area (Å²) in [6.07, 6.45) is 6.82. The summed E-state index contributed by atoms with van der Waals surface area (Å²) in [7, 11) is -1.79. The van der Waals surface area contributed by atoms with Crippen LogP contribution in [0.25, 0.3) is 67.5 Å². The van der Waals surface area contributed by atoms with Gasteiger partial charge in [-0.15, -0.1) is 0 Å². The fraction of sp³-hybridized carbons (Fsp3) is 0.264. The average Bonchev–Trinajstić information content (AvgIpc) is 3.64. The minimum atomic E-state index is -1.79. The van der Waals surface area contributed by atoms with Crippen LogP contribution < -0.4 is 10.4 Å². The molecule has 4 saturated carbocycles. The van der Waals surface area contributed by atoms with Crippen LogP contribution in [-0.2, 0) is 5.41 Å². The van der Waals surface area contributed by atoms with E-state index in [1.165, 1.54) is 82.2 Å². The van der Waals surface area contributed by atoms with Crippen LogP contribution in [-0.4, -0.2) is 23.0 Å². The summed E-state index contributed by atoms with van der Waals surface area (Å²) in [4.78, 5) is 15.5. The molecule has 0 radical (unpaired) electrons. The third kappa shape index (κ3) is 4.86. The van der Waals surface area contributed by atoms with Crippen LogP contribution in [0.4, 0.5) is 0 Å². The number of nitrogens with zero attached hydrogens (tertiary/aromatic N) is 3. The van der Waals surface area contributed by atoms with Crippen molar-refractivity contribution in [1.29, 1.82) is 0 Å². The fourth-order valence-corrected chi connectivity index (χ4v) is 15.7. The number of aryl methyl sites for hydroxylation is 2. The number of hydrogen-bond acceptors (Lipinski definition) is 3. The lowest BCUT2D eigenvalue weighted by Gasteiger charge is -2.61. The largest absolute Gasteiger partial charge is 0.208 e. The second-order valence-electron chi connectivity index (χ2n) is 18.7. The summed E-state index contributed by atoms with van der Waals surface area (Å²) < 4.78 is 0. The van der Waals surface area contributed by atoms with E-state index in [4.69, 9.17) is 15.0 Å². The van der Waals surface area contributed by atoms with Crippen LogP contribution in [0.3, 0.4) is 0 Å². The zero-order valence-corrected chi connectivity index (χ0v) is 34.3. The maximum Gasteiger partial charge on any atom is 0.164 e. The van der Waals surface area contributed by atoms with Crippen molar-refractivity contribution in [2.45, 2.75) is 64.5 Å². The number of aromatic nitrogens is 3. The lowest BCUT2D eigenvalue weighted by atomic mass is 9.43. The normalized spacial score (nSPS) is 24.0. The maximum absolute atomic E-state index is 5.24. The van der Waals surface area contributed by atoms with Gasteiger partial charge in [0.2, 0.25) is 0 Å². The molecule has 1 aromatic heterocycles. The molecule has 6 aliphatic rings. The molecule has 2 heterocycles. The van der Waals surface area contributed by atoms with Gasteiger partial charge in [0.25, 0.3) is 0 Å². The monoisotopic (exact) mass is 753 g/mol. The summed E-state index contributed by atoms with van der Waals surface area (Å²) in [5.41, 5.74) is 17.1. The van der Waals surface area contributed by atoms with Crippen molar-refractivity contribution in [3.05, 3.63) is 150 Å². The molecule has 1 spiro atoms. The van der Waals surface area contributed by atoms with Crippen LogP contribution in [0.5, 0.6) is 0 Å². The molecule has 13 rings (SSSR count). The number of fused-ring (bicyclic) bond motifs is 6. The third-order valence-electron chi connectivity index (χ3n) is 15.1. The third-order valence-corrected chi connectivity index (χ3v) is 18.6. The average molecular weight is 754 g/mol. The van der Waals surface area contributed by atoms with Crippen molar-refractivity contribution in [3.8, 4) is 67.5 Å². The molecule has 278 valence electrons. The van der Waals surface area contributed by atoms with Gasteiger partial charge in [-0.2, -0.15) is 0 Å². The van der Waals surface area contributed by atoms with Crippen molar-refractivity contribution >= 4 is 18.4 Å². The van der Waals surface area contributed by atoms with E-state index in [9.17, 15) is 0 Å². The highest BCUT2D eigenvalue weighted by Crippen LogP contribution is 2.69. The molecule has 7 aromatic rings. The number of benzene rings is 6. The molecule has 57 heavy (non-hydrogen) atoms. The van der Waals surface area contributed by atoms with E-state index in [-0.39, 0.29) is 5.41 Å². The van der Waals surface area contributed by atoms with E-state index in [1.807, 2.05) is 0 Å². The van der Waals surface area contributed by atoms with Gasteiger partial charge in [-0.3, -0.25) is 0 Å². The SMILES string of the molecule is Cc1ccc(-c2nc(-c3ccc(C)cc3)nc(-c3ccc4c(c3)C3(c5cc(-c6ccc7c(c6)[Si](C)(C)c6ccccc6-7)ccc5-4)C4CC5CC(C4)CC3C5)n2)cc1. The van der Waals surface area contributed by atoms with E-state index < -0.39 is 8.07 Å². The first-order valence-corrected chi connectivity index (χ1v) is 24.2. The van der Waals surface area contributed by atoms with E-state index in [0.29, 0.717) is 11.8 Å². The number of hydrogen-bond donors (Lipinski definition) is 0. The lowest BCUT2D eigenvalue weighted by molar-refractivity contribution is -0.0399. The summed E-state index contributed by atoms with van der Waals surface area (Å²) in [6.45, 7) is 9.31. The summed E-state index contributed by atoms with van der Waals surface area (Å²) >= 11 is 0. The van der Waals surface area contributed by atoms with Gasteiger partial charge >= 0.3 is 0 Å². The van der Waals surface area contributed by atoms with Crippen molar-refractivity contribution < 1.29 is 0 Å². The van der Waals surface area contributed by atoms with Gasteiger partial charge in [0, 0.05) is 22.1 Å². The van der Waals surface area contributed by atoms with Crippen LogP contribution in [0.2, 0.25) is 13.1 Å². The van der Waals surface area contributed by atoms with Gasteiger partial charge in [-0.25, -0.2) is 15.0 Å². The molecule has 1 aliphatic heterocycles. The van der Waals surface area contributed by atoms with Crippen molar-refractivity contribution in [2.24, 2.45) is 23.7 Å². The van der Waals surface area contributed by atoms with Gasteiger partial charge in [-0.05, 0) is 137 Å². The van der Waals surface area contributed by atoms with E-state index in [2.05, 4.69) is 154 Å². The van der Waals surface area contributed by atoms with Gasteiger partial charge in [0.15, 0.2) is 17.5 Å². The summed E-state index contributed by atoms with van der Waals surface area (Å²) in [6, 6.07) is 48.4. The Hall–Kier alpha value is -5.45. The highest BCUT2D eigenvalue weighted by atomic mass is 28.3. The van der Waals surface area contributed by atoms with Gasteiger partial charge in [0.05, 0.1) is 0 Å². The first-order chi connectivity index (χ1) is 27.7. The topological polar surface area (TPSA) is 38.7 Å². The van der Waals surface area contributed by atoms with Crippen LogP contribution in [0.15, 0.2) is 127 Å². The highest BCUT2D eigenvalue weighted by molar-refractivity contribution is 7.03. The molecule has 0 unspecified atom stereocenters. The minimum absolute atomic E-state index is 0.0116. The fourth-order valence-electron chi connectivity index (χ4n) is 12.6. The Balaban J connectivity index is 1.02. The Morgan fingerprint density at radius 3 is 1.46 bits per heavy atom. The zero-order chi connectivity index (χ0) is 38.2. The molecule has 5 aliphatic carbocycles. The second kappa shape index (κ2) is 12.0. The molecule has 4 heteroatoms. The Morgan fingerprint density at radius 2 is 0.877 bits per heavy atom. The first kappa shape index (κ1) is 33.7. The molecular formula is C53H47N3Si. The van der Waals surface area contributed by atoms with Crippen LogP contribution >= 0.6 is 0 Å². The van der Waals surface area contributed by atoms with Crippen LogP contribution in [0, 0.1) is 37.5 Å². The van der Waals surface area contributed by atoms with E-state index >= 15 is 0 Å². The van der Waals surface area contributed by atoms with E-state index in [0.717, 1.165) is 46.0 Å². The summed E-state index contributed by atoms with van der Waals surface area (Å²) in [5, 5.41) is 3.14. The smallest absolute Gasteiger partial charge is 0.164 e. The number of rotatable bonds is 4. The molecule has 3 nitrogen and oxygen atoms in total. The second-order valence-corrected chi connectivity index (χ2v) is 23.0. The Labute approximate surface area is 337 Å². The predicted molar refractivity (Wildman–Crippen MR) is 236 cm³/mol. The zero-order valence-electron chi connectivity index (χ0n) is 33.3. The molecule has 0 amide bonds. The Kier molecular flexibility index (Phi) is 7.11. The Morgan fingerprint density at radius 1 is 0.439 bits per heavy atom. The molecule has 6 aromatic carbocycles. The molecular weight excluding hydrogens is 707 g/mol. The van der Waals surface area contributed by atoms with E-state index in [1.54, 1.807) is 15.9 Å². The Bertz CT molecular complexity index is 2710. The quantitative estimate of drug-likeness (QED) is 0.168. The molecule has 0 saturated heterocycles. The van der Waals surface area contributed by atoms with Gasteiger partial charge in [0.1, 0.15) is 8.07 Å². The van der Waals surface area contributed by atoms with Crippen molar-refractivity contribution in [3.63, 3.8) is 0 Å². The first-order valence-electron chi connectivity index (χ1n) is 21.2.